The van der Waals surface area contributed by atoms with Gasteiger partial charge in [0, 0.05) is 16.8 Å². The van der Waals surface area contributed by atoms with E-state index < -0.39 is 17.7 Å². The highest BCUT2D eigenvalue weighted by Crippen LogP contribution is 2.44. The van der Waals surface area contributed by atoms with Crippen molar-refractivity contribution in [2.75, 3.05) is 12.0 Å². The lowest BCUT2D eigenvalue weighted by atomic mass is 9.84. The van der Waals surface area contributed by atoms with Gasteiger partial charge in [0.05, 0.1) is 12.7 Å². The summed E-state index contributed by atoms with van der Waals surface area (Å²) >= 11 is 0. The van der Waals surface area contributed by atoms with Gasteiger partial charge in [-0.25, -0.2) is 0 Å². The number of aryl methyl sites for hydroxylation is 3. The number of rotatable bonds is 4. The second-order valence-corrected chi connectivity index (χ2v) is 10.1. The van der Waals surface area contributed by atoms with Crippen molar-refractivity contribution in [2.24, 2.45) is 0 Å². The highest BCUT2D eigenvalue weighted by molar-refractivity contribution is 6.51. The van der Waals surface area contributed by atoms with E-state index in [-0.39, 0.29) is 16.7 Å². The molecule has 0 bridgehead atoms. The molecule has 2 heterocycles. The second-order valence-electron chi connectivity index (χ2n) is 10.1. The van der Waals surface area contributed by atoms with E-state index in [0.717, 1.165) is 16.7 Å². The standard InChI is InChI=1S/C29H31NO5/c1-16-12-17(2)14-20(13-16)30-25(23-10-8-18(3)35-23)24(27(32)28(30)33)26(31)19-9-11-22(34-7)21(15-19)29(4,5)6/h8-15,25,31H,1-7H3/b26-24-. The number of Topliss-reactive ketones (excluding diaryl/α,β-unsaturated/α-hetero) is 1. The summed E-state index contributed by atoms with van der Waals surface area (Å²) in [5, 5.41) is 11.5. The molecule has 1 N–H and O–H groups in total. The predicted octanol–water partition coefficient (Wildman–Crippen LogP) is 6.14. The Bertz CT molecular complexity index is 1340. The lowest BCUT2D eigenvalue weighted by Gasteiger charge is -2.25. The first kappa shape index (κ1) is 24.3. The summed E-state index contributed by atoms with van der Waals surface area (Å²) < 4.78 is 11.4. The van der Waals surface area contributed by atoms with Crippen LogP contribution in [0.15, 0.2) is 58.5 Å². The topological polar surface area (TPSA) is 80.0 Å². The van der Waals surface area contributed by atoms with Crippen molar-refractivity contribution in [3.8, 4) is 5.75 Å². The molecule has 182 valence electrons. The Kier molecular flexibility index (Phi) is 6.09. The fourth-order valence-electron chi connectivity index (χ4n) is 4.65. The molecular weight excluding hydrogens is 442 g/mol. The van der Waals surface area contributed by atoms with Gasteiger partial charge in [0.1, 0.15) is 29.1 Å². The van der Waals surface area contributed by atoms with Crippen LogP contribution in [0.5, 0.6) is 5.75 Å². The van der Waals surface area contributed by atoms with Crippen molar-refractivity contribution >= 4 is 23.1 Å². The van der Waals surface area contributed by atoms with Crippen LogP contribution >= 0.6 is 0 Å². The molecule has 3 aromatic rings. The molecule has 1 saturated heterocycles. The maximum Gasteiger partial charge on any atom is 0.300 e. The molecule has 6 heteroatoms. The first-order chi connectivity index (χ1) is 16.4. The molecule has 1 aromatic heterocycles. The number of carbonyl (C=O) groups excluding carboxylic acids is 2. The molecule has 0 saturated carbocycles. The number of benzene rings is 2. The zero-order valence-electron chi connectivity index (χ0n) is 21.2. The smallest absolute Gasteiger partial charge is 0.300 e. The summed E-state index contributed by atoms with van der Waals surface area (Å²) in [4.78, 5) is 28.2. The molecule has 1 aliphatic rings. The van der Waals surface area contributed by atoms with Crippen LogP contribution in [0, 0.1) is 20.8 Å². The van der Waals surface area contributed by atoms with E-state index in [1.54, 1.807) is 38.3 Å². The van der Waals surface area contributed by atoms with Crippen molar-refractivity contribution in [3.05, 3.63) is 87.9 Å². The van der Waals surface area contributed by atoms with Crippen molar-refractivity contribution in [1.82, 2.24) is 0 Å². The Hall–Kier alpha value is -3.80. The number of furan rings is 1. The first-order valence-corrected chi connectivity index (χ1v) is 11.6. The summed E-state index contributed by atoms with van der Waals surface area (Å²) in [6, 6.07) is 13.6. The van der Waals surface area contributed by atoms with Gasteiger partial charge in [0.25, 0.3) is 11.7 Å². The lowest BCUT2D eigenvalue weighted by Crippen LogP contribution is -2.29. The minimum Gasteiger partial charge on any atom is -0.507 e. The molecule has 1 fully saturated rings. The van der Waals surface area contributed by atoms with Crippen molar-refractivity contribution < 1.29 is 23.8 Å². The van der Waals surface area contributed by atoms with Crippen LogP contribution in [0.4, 0.5) is 5.69 Å². The summed E-state index contributed by atoms with van der Waals surface area (Å²) in [6.07, 6.45) is 0. The number of methoxy groups -OCH3 is 1. The van der Waals surface area contributed by atoms with Gasteiger partial charge in [-0.05, 0) is 79.8 Å². The third-order valence-corrected chi connectivity index (χ3v) is 6.24. The second kappa shape index (κ2) is 8.77. The van der Waals surface area contributed by atoms with Crippen molar-refractivity contribution in [3.63, 3.8) is 0 Å². The van der Waals surface area contributed by atoms with E-state index in [9.17, 15) is 14.7 Å². The number of aliphatic hydroxyl groups excluding tert-OH is 1. The summed E-state index contributed by atoms with van der Waals surface area (Å²) in [7, 11) is 1.60. The summed E-state index contributed by atoms with van der Waals surface area (Å²) in [5.74, 6) is 0.0248. The fraction of sp³-hybridized carbons (Fsp3) is 0.310. The zero-order valence-corrected chi connectivity index (χ0v) is 21.2. The summed E-state index contributed by atoms with van der Waals surface area (Å²) in [6.45, 7) is 11.8. The van der Waals surface area contributed by atoms with E-state index in [1.165, 1.54) is 4.90 Å². The number of ketones is 1. The van der Waals surface area contributed by atoms with Gasteiger partial charge in [-0.2, -0.15) is 0 Å². The average molecular weight is 474 g/mol. The Morgan fingerprint density at radius 3 is 2.17 bits per heavy atom. The van der Waals surface area contributed by atoms with Gasteiger partial charge in [0.2, 0.25) is 0 Å². The number of amides is 1. The fourth-order valence-corrected chi connectivity index (χ4v) is 4.65. The monoisotopic (exact) mass is 473 g/mol. The van der Waals surface area contributed by atoms with E-state index in [4.69, 9.17) is 9.15 Å². The highest BCUT2D eigenvalue weighted by atomic mass is 16.5. The Morgan fingerprint density at radius 2 is 1.63 bits per heavy atom. The van der Waals surface area contributed by atoms with Gasteiger partial charge in [-0.1, -0.05) is 26.8 Å². The van der Waals surface area contributed by atoms with Crippen molar-refractivity contribution in [1.29, 1.82) is 0 Å². The molecule has 1 aliphatic heterocycles. The van der Waals surface area contributed by atoms with Crippen LogP contribution in [0.2, 0.25) is 0 Å². The number of hydrogen-bond donors (Lipinski definition) is 1. The Morgan fingerprint density at radius 1 is 0.971 bits per heavy atom. The molecular formula is C29H31NO5. The molecule has 4 rings (SSSR count). The van der Waals surface area contributed by atoms with Gasteiger partial charge in [-0.3, -0.25) is 14.5 Å². The zero-order chi connectivity index (χ0) is 25.7. The first-order valence-electron chi connectivity index (χ1n) is 11.6. The maximum atomic E-state index is 13.4. The number of carbonyl (C=O) groups is 2. The third kappa shape index (κ3) is 4.36. The van der Waals surface area contributed by atoms with Crippen LogP contribution in [0.25, 0.3) is 5.76 Å². The normalized spacial score (nSPS) is 17.8. The van der Waals surface area contributed by atoms with Crippen LogP contribution in [0.3, 0.4) is 0 Å². The number of anilines is 1. The summed E-state index contributed by atoms with van der Waals surface area (Å²) in [5.41, 5.74) is 3.52. The van der Waals surface area contributed by atoms with Crippen LogP contribution in [0.1, 0.15) is 60.6 Å². The van der Waals surface area contributed by atoms with E-state index in [2.05, 4.69) is 0 Å². The molecule has 0 aliphatic carbocycles. The third-order valence-electron chi connectivity index (χ3n) is 6.24. The highest BCUT2D eigenvalue weighted by Gasteiger charge is 2.48. The van der Waals surface area contributed by atoms with Crippen LogP contribution in [-0.4, -0.2) is 23.9 Å². The SMILES string of the molecule is COc1ccc(/C(O)=C2/C(=O)C(=O)N(c3cc(C)cc(C)c3)C2c2ccc(C)o2)cc1C(C)(C)C. The molecule has 0 radical (unpaired) electrons. The van der Waals surface area contributed by atoms with Crippen LogP contribution in [-0.2, 0) is 15.0 Å². The van der Waals surface area contributed by atoms with Gasteiger partial charge >= 0.3 is 0 Å². The number of aliphatic hydroxyl groups is 1. The molecule has 1 amide bonds. The molecule has 35 heavy (non-hydrogen) atoms. The number of ether oxygens (including phenoxy) is 1. The van der Waals surface area contributed by atoms with E-state index in [0.29, 0.717) is 28.5 Å². The molecule has 6 nitrogen and oxygen atoms in total. The van der Waals surface area contributed by atoms with Crippen molar-refractivity contribution in [2.45, 2.75) is 53.0 Å². The van der Waals surface area contributed by atoms with E-state index >= 15 is 0 Å². The largest absolute Gasteiger partial charge is 0.507 e. The predicted molar refractivity (Wildman–Crippen MR) is 136 cm³/mol. The Balaban J connectivity index is 1.96. The molecule has 0 spiro atoms. The van der Waals surface area contributed by atoms with Gasteiger partial charge in [-0.15, -0.1) is 0 Å². The van der Waals surface area contributed by atoms with E-state index in [1.807, 2.05) is 58.9 Å². The Labute approximate surface area is 205 Å². The number of hydrogen-bond acceptors (Lipinski definition) is 5. The molecule has 1 atom stereocenters. The lowest BCUT2D eigenvalue weighted by molar-refractivity contribution is -0.132. The average Bonchev–Trinajstić information content (AvgIpc) is 3.32. The minimum atomic E-state index is -0.898. The minimum absolute atomic E-state index is 0.00599. The van der Waals surface area contributed by atoms with Gasteiger partial charge < -0.3 is 14.3 Å². The quantitative estimate of drug-likeness (QED) is 0.280. The molecule has 1 unspecified atom stereocenters. The number of nitrogens with zero attached hydrogens (tertiary/aromatic N) is 1. The maximum absolute atomic E-state index is 13.4. The molecule has 2 aromatic carbocycles. The van der Waals surface area contributed by atoms with Gasteiger partial charge in [0.15, 0.2) is 0 Å². The van der Waals surface area contributed by atoms with Crippen LogP contribution < -0.4 is 9.64 Å².